The molecule has 0 fully saturated rings. The molecule has 1 rings (SSSR count). The quantitative estimate of drug-likeness (QED) is 0.882. The van der Waals surface area contributed by atoms with Crippen molar-refractivity contribution in [3.05, 3.63) is 33.8 Å². The molecule has 7 heteroatoms. The van der Waals surface area contributed by atoms with Crippen LogP contribution in [-0.4, -0.2) is 37.5 Å². The van der Waals surface area contributed by atoms with Crippen molar-refractivity contribution < 1.29 is 18.0 Å². The zero-order valence-electron chi connectivity index (χ0n) is 11.2. The zero-order valence-corrected chi connectivity index (χ0v) is 12.8. The summed E-state index contributed by atoms with van der Waals surface area (Å²) < 4.78 is 38.1. The van der Waals surface area contributed by atoms with E-state index in [2.05, 4.69) is 21.2 Å². The molecule has 0 aliphatic heterocycles. The van der Waals surface area contributed by atoms with Gasteiger partial charge in [0, 0.05) is 23.1 Å². The topological polar surface area (TPSA) is 32.3 Å². The lowest BCUT2D eigenvalue weighted by Gasteiger charge is -2.14. The number of amides is 1. The Bertz CT molecular complexity index is 477. The molecule has 0 radical (unpaired) electrons. The van der Waals surface area contributed by atoms with Gasteiger partial charge in [-0.1, -0.05) is 22.9 Å². The minimum absolute atomic E-state index is 0.000300. The van der Waals surface area contributed by atoms with Crippen LogP contribution in [0.25, 0.3) is 0 Å². The molecular weight excluding hydrogens is 337 g/mol. The average molecular weight is 353 g/mol. The van der Waals surface area contributed by atoms with E-state index >= 15 is 0 Å². The van der Waals surface area contributed by atoms with E-state index in [0.717, 1.165) is 12.6 Å². The van der Waals surface area contributed by atoms with E-state index in [-0.39, 0.29) is 10.0 Å². The Morgan fingerprint density at radius 1 is 1.40 bits per heavy atom. The summed E-state index contributed by atoms with van der Waals surface area (Å²) in [5.74, 6) is -0.507. The molecule has 112 valence electrons. The van der Waals surface area contributed by atoms with Gasteiger partial charge in [0.15, 0.2) is 0 Å². The summed E-state index contributed by atoms with van der Waals surface area (Å²) in [4.78, 5) is 13.8. The van der Waals surface area contributed by atoms with Crippen LogP contribution in [0.15, 0.2) is 22.7 Å². The van der Waals surface area contributed by atoms with Gasteiger partial charge in [0.05, 0.1) is 5.56 Å². The van der Waals surface area contributed by atoms with Crippen LogP contribution in [0.2, 0.25) is 0 Å². The Balaban J connectivity index is 2.74. The van der Waals surface area contributed by atoms with E-state index in [9.17, 15) is 18.0 Å². The third-order valence-corrected chi connectivity index (χ3v) is 3.54. The maximum atomic E-state index is 12.7. The van der Waals surface area contributed by atoms with Gasteiger partial charge in [-0.2, -0.15) is 13.2 Å². The van der Waals surface area contributed by atoms with Crippen molar-refractivity contribution in [3.63, 3.8) is 0 Å². The van der Waals surface area contributed by atoms with Gasteiger partial charge in [0.25, 0.3) is 5.91 Å². The van der Waals surface area contributed by atoms with E-state index < -0.39 is 17.6 Å². The molecule has 0 atom stereocenters. The standard InChI is InChI=1S/C13H16BrF3N2O/c1-3-19(2)7-6-18-12(20)9-4-5-11(14)10(8-9)13(15,16)17/h4-5,8H,3,6-7H2,1-2H3,(H,18,20). The van der Waals surface area contributed by atoms with Crippen molar-refractivity contribution in [2.45, 2.75) is 13.1 Å². The smallest absolute Gasteiger partial charge is 0.351 e. The van der Waals surface area contributed by atoms with E-state index in [1.54, 1.807) is 0 Å². The lowest BCUT2D eigenvalue weighted by atomic mass is 10.1. The molecule has 0 spiro atoms. The Morgan fingerprint density at radius 3 is 2.60 bits per heavy atom. The summed E-state index contributed by atoms with van der Waals surface area (Å²) in [7, 11) is 1.90. The van der Waals surface area contributed by atoms with E-state index in [0.29, 0.717) is 13.1 Å². The predicted octanol–water partition coefficient (Wildman–Crippen LogP) is 3.15. The van der Waals surface area contributed by atoms with E-state index in [1.807, 2.05) is 18.9 Å². The van der Waals surface area contributed by atoms with Crippen molar-refractivity contribution in [2.75, 3.05) is 26.7 Å². The Labute approximate surface area is 124 Å². The molecule has 0 heterocycles. The van der Waals surface area contributed by atoms with Gasteiger partial charge < -0.3 is 10.2 Å². The normalized spacial score (nSPS) is 11.8. The van der Waals surface area contributed by atoms with Crippen molar-refractivity contribution in [1.29, 1.82) is 0 Å². The largest absolute Gasteiger partial charge is 0.417 e. The van der Waals surface area contributed by atoms with Crippen LogP contribution in [0.5, 0.6) is 0 Å². The van der Waals surface area contributed by atoms with Gasteiger partial charge in [-0.3, -0.25) is 4.79 Å². The Hall–Kier alpha value is -1.08. The number of alkyl halides is 3. The Morgan fingerprint density at radius 2 is 2.05 bits per heavy atom. The molecule has 1 amide bonds. The van der Waals surface area contributed by atoms with Gasteiger partial charge in [0.1, 0.15) is 0 Å². The van der Waals surface area contributed by atoms with Crippen LogP contribution in [0.3, 0.4) is 0 Å². The Kier molecular flexibility index (Phi) is 6.01. The van der Waals surface area contributed by atoms with E-state index in [4.69, 9.17) is 0 Å². The number of likely N-dealkylation sites (N-methyl/N-ethyl adjacent to an activating group) is 1. The third-order valence-electron chi connectivity index (χ3n) is 2.85. The second-order valence-corrected chi connectivity index (χ2v) is 5.20. The number of nitrogens with zero attached hydrogens (tertiary/aromatic N) is 1. The van der Waals surface area contributed by atoms with Gasteiger partial charge in [0.2, 0.25) is 0 Å². The van der Waals surface area contributed by atoms with Crippen molar-refractivity contribution in [1.82, 2.24) is 10.2 Å². The van der Waals surface area contributed by atoms with Gasteiger partial charge in [-0.15, -0.1) is 0 Å². The van der Waals surface area contributed by atoms with Crippen molar-refractivity contribution in [3.8, 4) is 0 Å². The lowest BCUT2D eigenvalue weighted by molar-refractivity contribution is -0.138. The summed E-state index contributed by atoms with van der Waals surface area (Å²) in [5, 5.41) is 2.60. The first-order chi connectivity index (χ1) is 9.25. The molecule has 20 heavy (non-hydrogen) atoms. The van der Waals surface area contributed by atoms with Crippen LogP contribution in [0.4, 0.5) is 13.2 Å². The second-order valence-electron chi connectivity index (χ2n) is 4.34. The number of carbonyl (C=O) groups is 1. The predicted molar refractivity (Wildman–Crippen MR) is 74.6 cm³/mol. The van der Waals surface area contributed by atoms with Gasteiger partial charge >= 0.3 is 6.18 Å². The monoisotopic (exact) mass is 352 g/mol. The van der Waals surface area contributed by atoms with Crippen molar-refractivity contribution in [2.24, 2.45) is 0 Å². The fraction of sp³-hybridized carbons (Fsp3) is 0.462. The van der Waals surface area contributed by atoms with Crippen LogP contribution in [0, 0.1) is 0 Å². The number of carbonyl (C=O) groups excluding carboxylic acids is 1. The summed E-state index contributed by atoms with van der Waals surface area (Å²) >= 11 is 2.84. The fourth-order valence-corrected chi connectivity index (χ4v) is 1.98. The highest BCUT2D eigenvalue weighted by Gasteiger charge is 2.33. The van der Waals surface area contributed by atoms with E-state index in [1.165, 1.54) is 12.1 Å². The molecule has 0 aliphatic carbocycles. The first-order valence-electron chi connectivity index (χ1n) is 6.09. The maximum absolute atomic E-state index is 12.7. The van der Waals surface area contributed by atoms with Crippen LogP contribution in [0.1, 0.15) is 22.8 Å². The molecule has 1 aromatic carbocycles. The van der Waals surface area contributed by atoms with Gasteiger partial charge in [-0.05, 0) is 31.8 Å². The van der Waals surface area contributed by atoms with Crippen LogP contribution >= 0.6 is 15.9 Å². The molecular formula is C13H16BrF3N2O. The highest BCUT2D eigenvalue weighted by Crippen LogP contribution is 2.35. The molecule has 0 saturated carbocycles. The third kappa shape index (κ3) is 4.79. The lowest BCUT2D eigenvalue weighted by Crippen LogP contribution is -2.33. The summed E-state index contributed by atoms with van der Waals surface area (Å²) in [6, 6.07) is 3.44. The number of nitrogens with one attached hydrogen (secondary N) is 1. The average Bonchev–Trinajstić information content (AvgIpc) is 2.37. The molecule has 3 nitrogen and oxygen atoms in total. The maximum Gasteiger partial charge on any atom is 0.417 e. The fourth-order valence-electron chi connectivity index (χ4n) is 1.50. The molecule has 0 unspecified atom stereocenters. The molecule has 1 N–H and O–H groups in total. The highest BCUT2D eigenvalue weighted by atomic mass is 79.9. The zero-order chi connectivity index (χ0) is 15.3. The number of benzene rings is 1. The SMILES string of the molecule is CCN(C)CCNC(=O)c1ccc(Br)c(C(F)(F)F)c1. The molecule has 0 aliphatic rings. The molecule has 0 bridgehead atoms. The number of rotatable bonds is 5. The number of halogens is 4. The summed E-state index contributed by atoms with van der Waals surface area (Å²) in [6.07, 6.45) is -4.49. The minimum Gasteiger partial charge on any atom is -0.351 e. The summed E-state index contributed by atoms with van der Waals surface area (Å²) in [5.41, 5.74) is -0.851. The van der Waals surface area contributed by atoms with Crippen LogP contribution < -0.4 is 5.32 Å². The first-order valence-corrected chi connectivity index (χ1v) is 6.88. The minimum atomic E-state index is -4.49. The number of hydrogen-bond donors (Lipinski definition) is 1. The highest BCUT2D eigenvalue weighted by molar-refractivity contribution is 9.10. The number of hydrogen-bond acceptors (Lipinski definition) is 2. The van der Waals surface area contributed by atoms with Crippen molar-refractivity contribution >= 4 is 21.8 Å². The van der Waals surface area contributed by atoms with Gasteiger partial charge in [-0.25, -0.2) is 0 Å². The first kappa shape index (κ1) is 17.0. The molecule has 0 aromatic heterocycles. The molecule has 1 aromatic rings. The van der Waals surface area contributed by atoms with Crippen LogP contribution in [-0.2, 0) is 6.18 Å². The summed E-state index contributed by atoms with van der Waals surface area (Å²) in [6.45, 7) is 3.85. The second kappa shape index (κ2) is 7.08. The molecule has 0 saturated heterocycles.